The van der Waals surface area contributed by atoms with Crippen molar-refractivity contribution < 1.29 is 4.57 Å². The summed E-state index contributed by atoms with van der Waals surface area (Å²) in [6.45, 7) is 9.09. The third kappa shape index (κ3) is 3.90. The first-order valence-electron chi connectivity index (χ1n) is 10.6. The van der Waals surface area contributed by atoms with E-state index in [0.29, 0.717) is 12.0 Å². The molecule has 2 atom stereocenters. The van der Waals surface area contributed by atoms with Crippen molar-refractivity contribution in [1.29, 1.82) is 0 Å². The van der Waals surface area contributed by atoms with E-state index in [1.165, 1.54) is 39.9 Å². The Kier molecular flexibility index (Phi) is 5.64. The van der Waals surface area contributed by atoms with Crippen LogP contribution in [0.4, 0.5) is 0 Å². The van der Waals surface area contributed by atoms with Crippen LogP contribution < -0.4 is 9.88 Å². The molecule has 0 aliphatic carbocycles. The maximum absolute atomic E-state index is 4.52. The molecule has 2 heterocycles. The van der Waals surface area contributed by atoms with Crippen LogP contribution in [0.25, 0.3) is 28.1 Å². The molecule has 0 amide bonds. The fraction of sp³-hybridized carbons (Fsp3) is 0.296. The average Bonchev–Trinajstić information content (AvgIpc) is 2.75. The van der Waals surface area contributed by atoms with Gasteiger partial charge in [-0.1, -0.05) is 55.5 Å². The molecule has 0 radical (unpaired) electrons. The average molecular weight is 384 g/mol. The monoisotopic (exact) mass is 383 g/mol. The molecule has 2 nitrogen and oxygen atoms in total. The Labute approximate surface area is 174 Å². The molecule has 148 valence electrons. The highest BCUT2D eigenvalue weighted by molar-refractivity contribution is 5.70. The van der Waals surface area contributed by atoms with Gasteiger partial charge in [0, 0.05) is 29.7 Å². The molecular formula is C27H31N2+. The predicted molar refractivity (Wildman–Crippen MR) is 123 cm³/mol. The van der Waals surface area contributed by atoms with Crippen LogP contribution in [0.5, 0.6) is 0 Å². The summed E-state index contributed by atoms with van der Waals surface area (Å²) in [6, 6.07) is 22.3. The minimum absolute atomic E-state index is 0.426. The van der Waals surface area contributed by atoms with E-state index in [-0.39, 0.29) is 0 Å². The van der Waals surface area contributed by atoms with E-state index in [2.05, 4.69) is 104 Å². The van der Waals surface area contributed by atoms with Crippen molar-refractivity contribution in [3.63, 3.8) is 0 Å². The van der Waals surface area contributed by atoms with Crippen LogP contribution >= 0.6 is 0 Å². The van der Waals surface area contributed by atoms with Crippen LogP contribution in [0.1, 0.15) is 30.9 Å². The summed E-state index contributed by atoms with van der Waals surface area (Å²) >= 11 is 0. The number of nitrogens with one attached hydrogen (secondary N) is 1. The summed E-state index contributed by atoms with van der Waals surface area (Å²) in [5.41, 5.74) is 8.93. The van der Waals surface area contributed by atoms with E-state index in [0.717, 1.165) is 18.5 Å². The van der Waals surface area contributed by atoms with E-state index in [4.69, 9.17) is 0 Å². The number of fused-ring (bicyclic) bond motifs is 3. The highest BCUT2D eigenvalue weighted by Crippen LogP contribution is 2.31. The first-order chi connectivity index (χ1) is 14.1. The minimum atomic E-state index is 0.426. The van der Waals surface area contributed by atoms with Gasteiger partial charge in [0.25, 0.3) is 0 Å². The Balaban J connectivity index is 1.93. The fourth-order valence-electron chi connectivity index (χ4n) is 4.55. The topological polar surface area (TPSA) is 15.9 Å². The van der Waals surface area contributed by atoms with Crippen molar-refractivity contribution in [2.45, 2.75) is 39.2 Å². The zero-order chi connectivity index (χ0) is 20.4. The van der Waals surface area contributed by atoms with Crippen molar-refractivity contribution in [1.82, 2.24) is 5.32 Å². The summed E-state index contributed by atoms with van der Waals surface area (Å²) < 4.78 is 2.33. The molecule has 0 saturated heterocycles. The van der Waals surface area contributed by atoms with Gasteiger partial charge in [-0.15, -0.1) is 0 Å². The lowest BCUT2D eigenvalue weighted by atomic mass is 9.88. The van der Waals surface area contributed by atoms with E-state index in [9.17, 15) is 0 Å². The highest BCUT2D eigenvalue weighted by atomic mass is 15.0. The molecule has 3 aromatic rings. The van der Waals surface area contributed by atoms with Crippen LogP contribution in [0.15, 0.2) is 73.4 Å². The van der Waals surface area contributed by atoms with Gasteiger partial charge in [0.15, 0.2) is 11.9 Å². The van der Waals surface area contributed by atoms with Gasteiger partial charge in [0.1, 0.15) is 0 Å². The zero-order valence-corrected chi connectivity index (χ0v) is 17.8. The van der Waals surface area contributed by atoms with E-state index >= 15 is 0 Å². The van der Waals surface area contributed by atoms with Crippen molar-refractivity contribution in [3.05, 3.63) is 84.6 Å². The maximum Gasteiger partial charge on any atom is 0.218 e. The number of aromatic nitrogens is 1. The van der Waals surface area contributed by atoms with Gasteiger partial charge < -0.3 is 5.32 Å². The largest absolute Gasteiger partial charge is 0.316 e. The van der Waals surface area contributed by atoms with Crippen LogP contribution in [-0.4, -0.2) is 13.1 Å². The lowest BCUT2D eigenvalue weighted by Crippen LogP contribution is -2.41. The SMILES string of the molecule is C=C1CC(NC)C(C)CCc2ccccc2-c2cc(C)c(-c3ccccc3)c[n+]21. The van der Waals surface area contributed by atoms with Gasteiger partial charge in [-0.3, -0.25) is 0 Å². The highest BCUT2D eigenvalue weighted by Gasteiger charge is 2.27. The first-order valence-corrected chi connectivity index (χ1v) is 10.6. The molecule has 29 heavy (non-hydrogen) atoms. The number of pyridine rings is 1. The first kappa shape index (κ1) is 19.6. The smallest absolute Gasteiger partial charge is 0.218 e. The minimum Gasteiger partial charge on any atom is -0.316 e. The van der Waals surface area contributed by atoms with Crippen LogP contribution in [0.2, 0.25) is 0 Å². The predicted octanol–water partition coefficient (Wildman–Crippen LogP) is 5.65. The lowest BCUT2D eigenvalue weighted by molar-refractivity contribution is -0.571. The number of aryl methyl sites for hydroxylation is 2. The van der Waals surface area contributed by atoms with Crippen molar-refractivity contribution in [2.75, 3.05) is 7.05 Å². The fourth-order valence-corrected chi connectivity index (χ4v) is 4.55. The molecule has 1 N–H and O–H groups in total. The second kappa shape index (κ2) is 8.34. The zero-order valence-electron chi connectivity index (χ0n) is 17.8. The Morgan fingerprint density at radius 3 is 2.48 bits per heavy atom. The van der Waals surface area contributed by atoms with Gasteiger partial charge >= 0.3 is 0 Å². The maximum atomic E-state index is 4.52. The van der Waals surface area contributed by atoms with Gasteiger partial charge in [-0.2, -0.15) is 4.57 Å². The molecule has 2 heteroatoms. The lowest BCUT2D eigenvalue weighted by Gasteiger charge is -2.25. The summed E-state index contributed by atoms with van der Waals surface area (Å²) in [5.74, 6) is 0.589. The molecule has 1 aliphatic rings. The third-order valence-corrected chi connectivity index (χ3v) is 6.40. The van der Waals surface area contributed by atoms with Crippen molar-refractivity contribution >= 4 is 5.70 Å². The van der Waals surface area contributed by atoms with E-state index in [1.807, 2.05) is 0 Å². The standard InChI is InChI=1S/C27H31N2/c1-19-14-15-23-12-8-9-13-24(23)27-16-20(2)25(22-10-6-5-7-11-22)18-29(27)21(3)17-26(19)28-4/h5-13,16,18-19,26,28H,3,14-15,17H2,1-2,4H3/q+1. The number of rotatable bonds is 2. The van der Waals surface area contributed by atoms with Gasteiger partial charge in [0.05, 0.1) is 0 Å². The van der Waals surface area contributed by atoms with E-state index in [1.54, 1.807) is 0 Å². The van der Waals surface area contributed by atoms with Gasteiger partial charge in [-0.05, 0) is 62.1 Å². The molecule has 1 aliphatic heterocycles. The number of nitrogens with zero attached hydrogens (tertiary/aromatic N) is 1. The van der Waals surface area contributed by atoms with Gasteiger partial charge in [0.2, 0.25) is 5.69 Å². The summed E-state index contributed by atoms with van der Waals surface area (Å²) in [4.78, 5) is 0. The quantitative estimate of drug-likeness (QED) is 0.566. The molecule has 2 unspecified atom stereocenters. The molecule has 0 spiro atoms. The summed E-state index contributed by atoms with van der Waals surface area (Å²) in [6.07, 6.45) is 5.51. The van der Waals surface area contributed by atoms with Crippen molar-refractivity contribution in [2.24, 2.45) is 5.92 Å². The van der Waals surface area contributed by atoms with Gasteiger partial charge in [-0.25, -0.2) is 0 Å². The van der Waals surface area contributed by atoms with Crippen LogP contribution in [0, 0.1) is 12.8 Å². The summed E-state index contributed by atoms with van der Waals surface area (Å²) in [5, 5.41) is 3.54. The Morgan fingerprint density at radius 2 is 1.72 bits per heavy atom. The number of benzene rings is 2. The van der Waals surface area contributed by atoms with E-state index < -0.39 is 0 Å². The Bertz CT molecular complexity index is 1020. The second-order valence-corrected chi connectivity index (χ2v) is 8.33. The Morgan fingerprint density at radius 1 is 1.00 bits per heavy atom. The molecule has 4 rings (SSSR count). The molecular weight excluding hydrogens is 352 g/mol. The van der Waals surface area contributed by atoms with Crippen LogP contribution in [-0.2, 0) is 6.42 Å². The number of hydrogen-bond acceptors (Lipinski definition) is 1. The molecule has 2 aromatic carbocycles. The molecule has 0 bridgehead atoms. The third-order valence-electron chi connectivity index (χ3n) is 6.40. The van der Waals surface area contributed by atoms with Crippen LogP contribution in [0.3, 0.4) is 0 Å². The normalized spacial score (nSPS) is 19.3. The number of hydrogen-bond donors (Lipinski definition) is 1. The molecule has 0 saturated carbocycles. The second-order valence-electron chi connectivity index (χ2n) is 8.33. The summed E-state index contributed by atoms with van der Waals surface area (Å²) in [7, 11) is 2.07. The molecule has 1 aromatic heterocycles. The molecule has 0 fully saturated rings. The van der Waals surface area contributed by atoms with Crippen molar-refractivity contribution in [3.8, 4) is 22.4 Å². The Hall–Kier alpha value is -2.71.